The van der Waals surface area contributed by atoms with Crippen molar-refractivity contribution >= 4 is 56.9 Å². The number of thioether (sulfide) groups is 1. The van der Waals surface area contributed by atoms with E-state index < -0.39 is 0 Å². The van der Waals surface area contributed by atoms with Crippen molar-refractivity contribution in [3.05, 3.63) is 71.3 Å². The van der Waals surface area contributed by atoms with Crippen LogP contribution in [0.5, 0.6) is 5.75 Å². The smallest absolute Gasteiger partial charge is 0.270 e. The number of amides is 1. The number of thiocarbonyl (C=S) groups is 1. The number of aromatic hydroxyl groups is 1. The average molecular weight is 364 g/mol. The minimum atomic E-state index is -0.212. The Hall–Kier alpha value is -2.70. The van der Waals surface area contributed by atoms with Crippen molar-refractivity contribution in [3.63, 3.8) is 0 Å². The van der Waals surface area contributed by atoms with Gasteiger partial charge < -0.3 is 5.11 Å². The van der Waals surface area contributed by atoms with Crippen LogP contribution in [-0.2, 0) is 4.79 Å². The third kappa shape index (κ3) is 3.01. The summed E-state index contributed by atoms with van der Waals surface area (Å²) >= 11 is 6.57. The molecule has 4 nitrogen and oxygen atoms in total. The Bertz CT molecular complexity index is 1050. The number of benzene rings is 2. The maximum atomic E-state index is 12.7. The molecule has 1 amide bonds. The summed E-state index contributed by atoms with van der Waals surface area (Å²) in [6.07, 6.45) is 1.74. The van der Waals surface area contributed by atoms with Crippen LogP contribution in [0.25, 0.3) is 17.0 Å². The predicted octanol–water partition coefficient (Wildman–Crippen LogP) is 4.35. The van der Waals surface area contributed by atoms with Gasteiger partial charge in [-0.2, -0.15) is 0 Å². The van der Waals surface area contributed by atoms with E-state index in [9.17, 15) is 9.90 Å². The van der Waals surface area contributed by atoms with E-state index in [0.717, 1.165) is 10.9 Å². The van der Waals surface area contributed by atoms with Crippen LogP contribution < -0.4 is 4.90 Å². The standard InChI is InChI=1S/C19H12N2O2S2/c22-15-6-3-5-14(11-15)21-18(23)17(25-19(21)24)10-13-9-8-12-4-1-2-7-16(12)20-13/h1-11,22H/b17-10+. The fraction of sp³-hybridized carbons (Fsp3) is 0. The summed E-state index contributed by atoms with van der Waals surface area (Å²) in [4.78, 5) is 19.2. The topological polar surface area (TPSA) is 53.4 Å². The molecule has 2 aromatic carbocycles. The van der Waals surface area contributed by atoms with Crippen LogP contribution in [0, 0.1) is 0 Å². The normalized spacial score (nSPS) is 16.2. The zero-order valence-corrected chi connectivity index (χ0v) is 14.6. The van der Waals surface area contributed by atoms with E-state index in [2.05, 4.69) is 4.98 Å². The number of phenols is 1. The van der Waals surface area contributed by atoms with E-state index in [1.165, 1.54) is 22.7 Å². The third-order valence-corrected chi connectivity index (χ3v) is 5.08. The molecule has 1 fully saturated rings. The largest absolute Gasteiger partial charge is 0.508 e. The predicted molar refractivity (Wildman–Crippen MR) is 106 cm³/mol. The van der Waals surface area contributed by atoms with Gasteiger partial charge in [0.2, 0.25) is 0 Å². The molecule has 1 aliphatic rings. The van der Waals surface area contributed by atoms with Gasteiger partial charge in [0.1, 0.15) is 5.75 Å². The molecule has 3 aromatic rings. The SMILES string of the molecule is O=C1/C(=C\c2ccc3ccccc3n2)SC(=S)N1c1cccc(O)c1. The first kappa shape index (κ1) is 15.8. The van der Waals surface area contributed by atoms with Crippen molar-refractivity contribution in [1.82, 2.24) is 4.98 Å². The van der Waals surface area contributed by atoms with Crippen LogP contribution in [-0.4, -0.2) is 20.3 Å². The highest BCUT2D eigenvalue weighted by Crippen LogP contribution is 2.36. The second-order valence-corrected chi connectivity index (χ2v) is 7.14. The Morgan fingerprint density at radius 1 is 1.08 bits per heavy atom. The summed E-state index contributed by atoms with van der Waals surface area (Å²) in [7, 11) is 0. The number of hydrogen-bond donors (Lipinski definition) is 1. The Morgan fingerprint density at radius 3 is 2.76 bits per heavy atom. The molecule has 0 radical (unpaired) electrons. The monoisotopic (exact) mass is 364 g/mol. The highest BCUT2D eigenvalue weighted by molar-refractivity contribution is 8.27. The van der Waals surface area contributed by atoms with E-state index in [1.54, 1.807) is 24.3 Å². The van der Waals surface area contributed by atoms with Crippen molar-refractivity contribution in [2.75, 3.05) is 4.90 Å². The molecule has 2 heterocycles. The Morgan fingerprint density at radius 2 is 1.92 bits per heavy atom. The summed E-state index contributed by atoms with van der Waals surface area (Å²) in [6, 6.07) is 18.2. The summed E-state index contributed by atoms with van der Waals surface area (Å²) in [5.41, 5.74) is 2.13. The molecule has 25 heavy (non-hydrogen) atoms. The van der Waals surface area contributed by atoms with Gasteiger partial charge in [0, 0.05) is 11.5 Å². The lowest BCUT2D eigenvalue weighted by Gasteiger charge is -2.14. The van der Waals surface area contributed by atoms with E-state index in [1.807, 2.05) is 36.4 Å². The number of nitrogens with zero attached hydrogens (tertiary/aromatic N) is 2. The van der Waals surface area contributed by atoms with Gasteiger partial charge in [-0.3, -0.25) is 9.69 Å². The molecular formula is C19H12N2O2S2. The highest BCUT2D eigenvalue weighted by atomic mass is 32.2. The van der Waals surface area contributed by atoms with Gasteiger partial charge in [0.05, 0.1) is 21.8 Å². The minimum absolute atomic E-state index is 0.0896. The number of hydrogen-bond acceptors (Lipinski definition) is 5. The molecule has 0 aliphatic carbocycles. The van der Waals surface area contributed by atoms with E-state index in [4.69, 9.17) is 12.2 Å². The number of carbonyl (C=O) groups is 1. The summed E-state index contributed by atoms with van der Waals surface area (Å²) in [6.45, 7) is 0. The number of carbonyl (C=O) groups excluding carboxylic acids is 1. The third-order valence-electron chi connectivity index (χ3n) is 3.78. The van der Waals surface area contributed by atoms with E-state index in [0.29, 0.717) is 20.6 Å². The van der Waals surface area contributed by atoms with Gasteiger partial charge in [-0.05, 0) is 30.3 Å². The number of pyridine rings is 1. The lowest BCUT2D eigenvalue weighted by molar-refractivity contribution is -0.113. The molecule has 1 N–H and O–H groups in total. The molecule has 1 aliphatic heterocycles. The van der Waals surface area contributed by atoms with Crippen molar-refractivity contribution < 1.29 is 9.90 Å². The molecular weight excluding hydrogens is 352 g/mol. The Kier molecular flexibility index (Phi) is 3.99. The Balaban J connectivity index is 1.69. The molecule has 1 saturated heterocycles. The second-order valence-electron chi connectivity index (χ2n) is 5.47. The van der Waals surface area contributed by atoms with Crippen molar-refractivity contribution in [3.8, 4) is 5.75 Å². The molecule has 122 valence electrons. The molecule has 0 atom stereocenters. The lowest BCUT2D eigenvalue weighted by Crippen LogP contribution is -2.27. The van der Waals surface area contributed by atoms with Crippen LogP contribution in [0.2, 0.25) is 0 Å². The second kappa shape index (κ2) is 6.31. The fourth-order valence-electron chi connectivity index (χ4n) is 2.62. The number of anilines is 1. The number of rotatable bonds is 2. The van der Waals surface area contributed by atoms with E-state index >= 15 is 0 Å². The van der Waals surface area contributed by atoms with Crippen LogP contribution in [0.1, 0.15) is 5.69 Å². The minimum Gasteiger partial charge on any atom is -0.508 e. The fourth-order valence-corrected chi connectivity index (χ4v) is 3.90. The van der Waals surface area contributed by atoms with Gasteiger partial charge in [-0.1, -0.05) is 54.3 Å². The number of aromatic nitrogens is 1. The van der Waals surface area contributed by atoms with Gasteiger partial charge in [-0.15, -0.1) is 0 Å². The van der Waals surface area contributed by atoms with Crippen LogP contribution >= 0.6 is 24.0 Å². The van der Waals surface area contributed by atoms with Gasteiger partial charge in [-0.25, -0.2) is 4.98 Å². The van der Waals surface area contributed by atoms with Crippen molar-refractivity contribution in [2.24, 2.45) is 0 Å². The maximum absolute atomic E-state index is 12.7. The summed E-state index contributed by atoms with van der Waals surface area (Å²) in [5, 5.41) is 10.7. The van der Waals surface area contributed by atoms with Gasteiger partial charge >= 0.3 is 0 Å². The quantitative estimate of drug-likeness (QED) is 0.541. The highest BCUT2D eigenvalue weighted by Gasteiger charge is 2.33. The molecule has 4 rings (SSSR count). The molecule has 0 unspecified atom stereocenters. The van der Waals surface area contributed by atoms with Crippen LogP contribution in [0.3, 0.4) is 0 Å². The Labute approximate surface area is 153 Å². The van der Waals surface area contributed by atoms with E-state index in [-0.39, 0.29) is 11.7 Å². The average Bonchev–Trinajstić information content (AvgIpc) is 2.88. The van der Waals surface area contributed by atoms with Crippen molar-refractivity contribution in [1.29, 1.82) is 0 Å². The maximum Gasteiger partial charge on any atom is 0.270 e. The summed E-state index contributed by atoms with van der Waals surface area (Å²) < 4.78 is 0.433. The van der Waals surface area contributed by atoms with Crippen LogP contribution in [0.4, 0.5) is 5.69 Å². The molecule has 0 saturated carbocycles. The zero-order valence-electron chi connectivity index (χ0n) is 12.9. The van der Waals surface area contributed by atoms with Gasteiger partial charge in [0.15, 0.2) is 4.32 Å². The number of phenolic OH excluding ortho intramolecular Hbond substituents is 1. The van der Waals surface area contributed by atoms with Crippen molar-refractivity contribution in [2.45, 2.75) is 0 Å². The first-order valence-electron chi connectivity index (χ1n) is 7.54. The molecule has 6 heteroatoms. The number of fused-ring (bicyclic) bond motifs is 1. The number of para-hydroxylation sites is 1. The van der Waals surface area contributed by atoms with Crippen LogP contribution in [0.15, 0.2) is 65.6 Å². The first-order valence-corrected chi connectivity index (χ1v) is 8.77. The molecule has 1 aromatic heterocycles. The zero-order chi connectivity index (χ0) is 17.4. The van der Waals surface area contributed by atoms with Gasteiger partial charge in [0.25, 0.3) is 5.91 Å². The molecule has 0 spiro atoms. The first-order chi connectivity index (χ1) is 12.1. The lowest BCUT2D eigenvalue weighted by atomic mass is 10.2. The molecule has 0 bridgehead atoms. The summed E-state index contributed by atoms with van der Waals surface area (Å²) in [5.74, 6) is -0.123.